The Morgan fingerprint density at radius 3 is 2.39 bits per heavy atom. The molecule has 2 N–H and O–H groups in total. The molecule has 8 nitrogen and oxygen atoms in total. The van der Waals surface area contributed by atoms with E-state index in [1.54, 1.807) is 25.1 Å². The number of nitrogens with zero attached hydrogens (tertiary/aromatic N) is 1. The quantitative estimate of drug-likeness (QED) is 0.464. The highest BCUT2D eigenvalue weighted by atomic mass is 16.5. The van der Waals surface area contributed by atoms with E-state index in [-0.39, 0.29) is 16.9 Å². The first-order valence-electron chi connectivity index (χ1n) is 8.52. The molecule has 1 unspecified atom stereocenters. The van der Waals surface area contributed by atoms with E-state index in [2.05, 4.69) is 5.32 Å². The fourth-order valence-corrected chi connectivity index (χ4v) is 2.83. The molecule has 3 rings (SSSR count). The lowest BCUT2D eigenvalue weighted by molar-refractivity contribution is -0.150. The van der Waals surface area contributed by atoms with Crippen LogP contribution in [-0.2, 0) is 14.3 Å². The summed E-state index contributed by atoms with van der Waals surface area (Å²) in [5.74, 6) is -2.55. The van der Waals surface area contributed by atoms with Crippen LogP contribution in [0.1, 0.15) is 33.2 Å². The van der Waals surface area contributed by atoms with Gasteiger partial charge in [-0.3, -0.25) is 19.3 Å². The SMILES string of the molecule is Cc1ccc2c(c1)C(=O)N(C(C)C(=O)OCC(=O)Nc1ccc(O)cc1)C2=O. The third-order valence-electron chi connectivity index (χ3n) is 4.30. The van der Waals surface area contributed by atoms with Crippen LogP contribution in [0.5, 0.6) is 5.75 Å². The molecule has 0 saturated carbocycles. The van der Waals surface area contributed by atoms with E-state index in [1.165, 1.54) is 31.2 Å². The summed E-state index contributed by atoms with van der Waals surface area (Å²) < 4.78 is 4.95. The molecule has 1 aliphatic heterocycles. The fourth-order valence-electron chi connectivity index (χ4n) is 2.83. The number of hydrogen-bond acceptors (Lipinski definition) is 6. The van der Waals surface area contributed by atoms with Crippen LogP contribution in [0.25, 0.3) is 0 Å². The van der Waals surface area contributed by atoms with Gasteiger partial charge in [0.05, 0.1) is 11.1 Å². The highest BCUT2D eigenvalue weighted by Crippen LogP contribution is 2.26. The zero-order chi connectivity index (χ0) is 20.4. The zero-order valence-electron chi connectivity index (χ0n) is 15.3. The Labute approximate surface area is 160 Å². The average Bonchev–Trinajstić information content (AvgIpc) is 2.91. The lowest BCUT2D eigenvalue weighted by Crippen LogP contribution is -2.44. The second-order valence-electron chi connectivity index (χ2n) is 6.41. The van der Waals surface area contributed by atoms with Crippen LogP contribution in [-0.4, -0.2) is 46.3 Å². The number of esters is 1. The number of hydrogen-bond donors (Lipinski definition) is 2. The van der Waals surface area contributed by atoms with E-state index >= 15 is 0 Å². The van der Waals surface area contributed by atoms with Gasteiger partial charge in [0, 0.05) is 5.69 Å². The van der Waals surface area contributed by atoms with Crippen molar-refractivity contribution < 1.29 is 29.0 Å². The van der Waals surface area contributed by atoms with Crippen LogP contribution in [0.4, 0.5) is 5.69 Å². The molecule has 0 aliphatic carbocycles. The Morgan fingerprint density at radius 1 is 1.07 bits per heavy atom. The minimum atomic E-state index is -1.17. The van der Waals surface area contributed by atoms with Gasteiger partial charge in [0.25, 0.3) is 17.7 Å². The molecule has 8 heteroatoms. The van der Waals surface area contributed by atoms with Gasteiger partial charge >= 0.3 is 5.97 Å². The van der Waals surface area contributed by atoms with Gasteiger partial charge in [-0.15, -0.1) is 0 Å². The predicted octanol–water partition coefficient (Wildman–Crippen LogP) is 1.87. The topological polar surface area (TPSA) is 113 Å². The first kappa shape index (κ1) is 19.1. The molecule has 2 aromatic rings. The number of carbonyl (C=O) groups is 4. The van der Waals surface area contributed by atoms with Gasteiger partial charge in [-0.05, 0) is 50.2 Å². The molecule has 0 fully saturated rings. The van der Waals surface area contributed by atoms with Crippen LogP contribution in [0.3, 0.4) is 0 Å². The minimum Gasteiger partial charge on any atom is -0.508 e. The predicted molar refractivity (Wildman–Crippen MR) is 98.8 cm³/mol. The number of fused-ring (bicyclic) bond motifs is 1. The van der Waals surface area contributed by atoms with Crippen molar-refractivity contribution in [2.75, 3.05) is 11.9 Å². The standard InChI is InChI=1S/C20H18N2O6/c1-11-3-8-15-16(9-11)19(26)22(18(15)25)12(2)20(27)28-10-17(24)21-13-4-6-14(23)7-5-13/h3-9,12,23H,10H2,1-2H3,(H,21,24). The Morgan fingerprint density at radius 2 is 1.71 bits per heavy atom. The number of phenolic OH excluding ortho intramolecular Hbond substituents is 1. The molecule has 0 saturated heterocycles. The van der Waals surface area contributed by atoms with Crippen molar-refractivity contribution in [3.8, 4) is 5.75 Å². The molecule has 1 aliphatic rings. The van der Waals surface area contributed by atoms with Crippen molar-refractivity contribution in [2.24, 2.45) is 0 Å². The van der Waals surface area contributed by atoms with E-state index in [9.17, 15) is 24.3 Å². The summed E-state index contributed by atoms with van der Waals surface area (Å²) in [5, 5.41) is 11.7. The fraction of sp³-hybridized carbons (Fsp3) is 0.200. The number of phenols is 1. The van der Waals surface area contributed by atoms with Gasteiger partial charge in [-0.2, -0.15) is 0 Å². The Kier molecular flexibility index (Phi) is 5.12. The maximum atomic E-state index is 12.5. The number of anilines is 1. The summed E-state index contributed by atoms with van der Waals surface area (Å²) >= 11 is 0. The van der Waals surface area contributed by atoms with E-state index in [0.717, 1.165) is 10.5 Å². The maximum Gasteiger partial charge on any atom is 0.329 e. The molecule has 0 bridgehead atoms. The molecule has 3 amide bonds. The number of amides is 3. The van der Waals surface area contributed by atoms with Crippen LogP contribution in [0, 0.1) is 6.92 Å². The number of nitrogens with one attached hydrogen (secondary N) is 1. The normalized spacial score (nSPS) is 13.9. The second kappa shape index (κ2) is 7.51. The summed E-state index contributed by atoms with van der Waals surface area (Å²) in [6.07, 6.45) is 0. The van der Waals surface area contributed by atoms with Crippen molar-refractivity contribution in [1.82, 2.24) is 4.90 Å². The van der Waals surface area contributed by atoms with Crippen LogP contribution in [0.2, 0.25) is 0 Å². The Balaban J connectivity index is 1.60. The number of imide groups is 1. The number of aryl methyl sites for hydroxylation is 1. The van der Waals surface area contributed by atoms with Gasteiger partial charge in [0.2, 0.25) is 0 Å². The lowest BCUT2D eigenvalue weighted by atomic mass is 10.1. The van der Waals surface area contributed by atoms with Gasteiger partial charge in [-0.1, -0.05) is 11.6 Å². The molecule has 0 aromatic heterocycles. The number of carbonyl (C=O) groups excluding carboxylic acids is 4. The summed E-state index contributed by atoms with van der Waals surface area (Å²) in [6.45, 7) is 2.59. The number of aromatic hydroxyl groups is 1. The van der Waals surface area contributed by atoms with Crippen molar-refractivity contribution in [3.63, 3.8) is 0 Å². The molecule has 0 spiro atoms. The summed E-state index contributed by atoms with van der Waals surface area (Å²) in [5.41, 5.74) is 1.72. The van der Waals surface area contributed by atoms with E-state index in [4.69, 9.17) is 4.74 Å². The highest BCUT2D eigenvalue weighted by Gasteiger charge is 2.41. The number of ether oxygens (including phenoxy) is 1. The summed E-state index contributed by atoms with van der Waals surface area (Å²) in [6, 6.07) is 9.45. The molecular weight excluding hydrogens is 364 g/mol. The Bertz CT molecular complexity index is 967. The van der Waals surface area contributed by atoms with Crippen LogP contribution >= 0.6 is 0 Å². The Hall–Kier alpha value is -3.68. The second-order valence-corrected chi connectivity index (χ2v) is 6.41. The molecule has 2 aromatic carbocycles. The molecule has 28 heavy (non-hydrogen) atoms. The smallest absolute Gasteiger partial charge is 0.329 e. The summed E-state index contributed by atoms with van der Waals surface area (Å²) in [7, 11) is 0. The third kappa shape index (κ3) is 3.71. The molecular formula is C20H18N2O6. The molecule has 0 radical (unpaired) electrons. The van der Waals surface area contributed by atoms with Crippen LogP contribution < -0.4 is 5.32 Å². The highest BCUT2D eigenvalue weighted by molar-refractivity contribution is 6.22. The minimum absolute atomic E-state index is 0.0504. The average molecular weight is 382 g/mol. The van der Waals surface area contributed by atoms with Crippen molar-refractivity contribution in [2.45, 2.75) is 19.9 Å². The van der Waals surface area contributed by atoms with Gasteiger partial charge in [-0.25, -0.2) is 4.79 Å². The van der Waals surface area contributed by atoms with Crippen molar-refractivity contribution >= 4 is 29.4 Å². The van der Waals surface area contributed by atoms with E-state index in [1.807, 2.05) is 0 Å². The first-order chi connectivity index (χ1) is 13.3. The van der Waals surface area contributed by atoms with Crippen molar-refractivity contribution in [1.29, 1.82) is 0 Å². The molecule has 1 heterocycles. The van der Waals surface area contributed by atoms with Gasteiger partial charge in [0.1, 0.15) is 11.8 Å². The molecule has 1 atom stereocenters. The van der Waals surface area contributed by atoms with E-state index in [0.29, 0.717) is 5.69 Å². The first-order valence-corrected chi connectivity index (χ1v) is 8.52. The monoisotopic (exact) mass is 382 g/mol. The van der Waals surface area contributed by atoms with Gasteiger partial charge < -0.3 is 15.2 Å². The van der Waals surface area contributed by atoms with E-state index < -0.39 is 36.3 Å². The van der Waals surface area contributed by atoms with Crippen LogP contribution in [0.15, 0.2) is 42.5 Å². The number of rotatable bonds is 5. The zero-order valence-corrected chi connectivity index (χ0v) is 15.3. The largest absolute Gasteiger partial charge is 0.508 e. The van der Waals surface area contributed by atoms with Crippen molar-refractivity contribution in [3.05, 3.63) is 59.2 Å². The maximum absolute atomic E-state index is 12.5. The number of benzene rings is 2. The molecule has 144 valence electrons. The third-order valence-corrected chi connectivity index (χ3v) is 4.30. The van der Waals surface area contributed by atoms with Gasteiger partial charge in [0.15, 0.2) is 6.61 Å². The lowest BCUT2D eigenvalue weighted by Gasteiger charge is -2.20. The summed E-state index contributed by atoms with van der Waals surface area (Å²) in [4.78, 5) is 50.0.